The molecule has 0 bridgehead atoms. The lowest BCUT2D eigenvalue weighted by Crippen LogP contribution is -2.16. The van der Waals surface area contributed by atoms with Crippen molar-refractivity contribution < 1.29 is 14.8 Å². The number of nitro groups is 1. The van der Waals surface area contributed by atoms with Gasteiger partial charge in [-0.2, -0.15) is 0 Å². The average Bonchev–Trinajstić information content (AvgIpc) is 2.62. The molecule has 25 heavy (non-hydrogen) atoms. The van der Waals surface area contributed by atoms with E-state index in [0.29, 0.717) is 17.5 Å². The summed E-state index contributed by atoms with van der Waals surface area (Å²) in [6.07, 6.45) is 5.51. The molecule has 0 aliphatic heterocycles. The van der Waals surface area contributed by atoms with Crippen molar-refractivity contribution in [3.8, 4) is 11.3 Å². The van der Waals surface area contributed by atoms with Gasteiger partial charge < -0.3 is 5.11 Å². The molecule has 0 amide bonds. The molecule has 3 rings (SSSR count). The average molecular weight is 340 g/mol. The van der Waals surface area contributed by atoms with Gasteiger partial charge in [-0.15, -0.1) is 0 Å². The molecule has 1 heterocycles. The van der Waals surface area contributed by atoms with Crippen molar-refractivity contribution in [2.24, 2.45) is 5.92 Å². The Morgan fingerprint density at radius 3 is 2.32 bits per heavy atom. The van der Waals surface area contributed by atoms with Crippen molar-refractivity contribution in [1.29, 1.82) is 0 Å². The lowest BCUT2D eigenvalue weighted by Gasteiger charge is -2.28. The number of aromatic nitrogens is 1. The monoisotopic (exact) mass is 340 g/mol. The van der Waals surface area contributed by atoms with Gasteiger partial charge in [0.05, 0.1) is 10.6 Å². The van der Waals surface area contributed by atoms with Crippen molar-refractivity contribution in [2.75, 3.05) is 0 Å². The lowest BCUT2D eigenvalue weighted by molar-refractivity contribution is -0.385. The van der Waals surface area contributed by atoms with E-state index in [-0.39, 0.29) is 12.1 Å². The molecule has 0 radical (unpaired) electrons. The highest BCUT2D eigenvalue weighted by molar-refractivity contribution is 5.67. The Hall–Kier alpha value is -2.76. The van der Waals surface area contributed by atoms with Crippen molar-refractivity contribution in [3.05, 3.63) is 58.3 Å². The number of hydrogen-bond donors (Lipinski definition) is 1. The SMILES string of the molecule is O=C(O)CC1CCC(c2ccc(-c3ccc([N+](=O)[O-])cn3)cc2)CC1. The summed E-state index contributed by atoms with van der Waals surface area (Å²) >= 11 is 0. The Bertz CT molecular complexity index is 748. The summed E-state index contributed by atoms with van der Waals surface area (Å²) in [6, 6.07) is 11.3. The van der Waals surface area contributed by atoms with Crippen LogP contribution in [0.25, 0.3) is 11.3 Å². The molecule has 6 heteroatoms. The molecule has 6 nitrogen and oxygen atoms in total. The van der Waals surface area contributed by atoms with E-state index in [4.69, 9.17) is 5.11 Å². The third kappa shape index (κ3) is 4.21. The molecule has 2 aromatic rings. The van der Waals surface area contributed by atoms with E-state index in [1.54, 1.807) is 6.07 Å². The minimum absolute atomic E-state index is 0.0153. The second-order valence-electron chi connectivity index (χ2n) is 6.60. The molecule has 130 valence electrons. The van der Waals surface area contributed by atoms with Gasteiger partial charge >= 0.3 is 5.97 Å². The van der Waals surface area contributed by atoms with Crippen molar-refractivity contribution in [1.82, 2.24) is 4.98 Å². The Morgan fingerprint density at radius 1 is 1.12 bits per heavy atom. The van der Waals surface area contributed by atoms with Gasteiger partial charge in [0.1, 0.15) is 6.20 Å². The fourth-order valence-corrected chi connectivity index (χ4v) is 3.54. The number of carboxylic acid groups (broad SMARTS) is 1. The van der Waals surface area contributed by atoms with E-state index >= 15 is 0 Å². The quantitative estimate of drug-likeness (QED) is 0.643. The summed E-state index contributed by atoms with van der Waals surface area (Å²) in [7, 11) is 0. The van der Waals surface area contributed by atoms with Crippen molar-refractivity contribution >= 4 is 11.7 Å². The van der Waals surface area contributed by atoms with E-state index in [1.165, 1.54) is 17.8 Å². The highest BCUT2D eigenvalue weighted by atomic mass is 16.6. The minimum Gasteiger partial charge on any atom is -0.481 e. The first-order valence-corrected chi connectivity index (χ1v) is 8.45. The lowest BCUT2D eigenvalue weighted by atomic mass is 9.77. The molecule has 0 unspecified atom stereocenters. The predicted octanol–water partition coefficient (Wildman–Crippen LogP) is 4.41. The molecule has 0 atom stereocenters. The number of hydrogen-bond acceptors (Lipinski definition) is 4. The fourth-order valence-electron chi connectivity index (χ4n) is 3.54. The first kappa shape index (κ1) is 17.1. The zero-order chi connectivity index (χ0) is 17.8. The molecule has 1 saturated carbocycles. The van der Waals surface area contributed by atoms with Crippen molar-refractivity contribution in [2.45, 2.75) is 38.0 Å². The smallest absolute Gasteiger partial charge is 0.303 e. The van der Waals surface area contributed by atoms with Gasteiger partial charge in [0, 0.05) is 18.1 Å². The van der Waals surface area contributed by atoms with Crippen LogP contribution in [-0.4, -0.2) is 21.0 Å². The summed E-state index contributed by atoms with van der Waals surface area (Å²) in [6.45, 7) is 0. The van der Waals surface area contributed by atoms with Gasteiger partial charge in [-0.05, 0) is 49.1 Å². The van der Waals surface area contributed by atoms with E-state index in [2.05, 4.69) is 17.1 Å². The Labute approximate surface area is 145 Å². The maximum Gasteiger partial charge on any atom is 0.303 e. The summed E-state index contributed by atoms with van der Waals surface area (Å²) < 4.78 is 0. The van der Waals surface area contributed by atoms with E-state index < -0.39 is 10.9 Å². The van der Waals surface area contributed by atoms with Crippen LogP contribution in [0.1, 0.15) is 43.6 Å². The number of pyridine rings is 1. The first-order valence-electron chi connectivity index (χ1n) is 8.45. The molecule has 1 fully saturated rings. The summed E-state index contributed by atoms with van der Waals surface area (Å²) in [5.74, 6) is 0.0737. The number of aliphatic carboxylic acids is 1. The van der Waals surface area contributed by atoms with Gasteiger partial charge in [0.2, 0.25) is 0 Å². The minimum atomic E-state index is -0.705. The molecular weight excluding hydrogens is 320 g/mol. The van der Waals surface area contributed by atoms with Crippen LogP contribution in [0, 0.1) is 16.0 Å². The van der Waals surface area contributed by atoms with Crippen molar-refractivity contribution in [3.63, 3.8) is 0 Å². The van der Waals surface area contributed by atoms with Crippen LogP contribution in [-0.2, 0) is 4.79 Å². The van der Waals surface area contributed by atoms with E-state index in [9.17, 15) is 14.9 Å². The van der Waals surface area contributed by atoms with Crippen LogP contribution >= 0.6 is 0 Å². The maximum absolute atomic E-state index is 10.8. The Balaban J connectivity index is 1.64. The van der Waals surface area contributed by atoms with Gasteiger partial charge in [0.25, 0.3) is 5.69 Å². The van der Waals surface area contributed by atoms with E-state index in [0.717, 1.165) is 31.2 Å². The largest absolute Gasteiger partial charge is 0.481 e. The van der Waals surface area contributed by atoms with E-state index in [1.807, 2.05) is 12.1 Å². The second-order valence-corrected chi connectivity index (χ2v) is 6.60. The summed E-state index contributed by atoms with van der Waals surface area (Å²) in [5.41, 5.74) is 2.89. The number of nitrogens with zero attached hydrogens (tertiary/aromatic N) is 2. The predicted molar refractivity (Wildman–Crippen MR) is 93.3 cm³/mol. The molecule has 1 aliphatic carbocycles. The van der Waals surface area contributed by atoms with Gasteiger partial charge in [-0.25, -0.2) is 4.98 Å². The maximum atomic E-state index is 10.8. The molecular formula is C19H20N2O4. The molecule has 0 spiro atoms. The zero-order valence-electron chi connectivity index (χ0n) is 13.8. The standard InChI is InChI=1S/C19H20N2O4/c22-19(23)11-13-1-3-14(4-2-13)15-5-7-16(8-6-15)18-10-9-17(12-20-18)21(24)25/h5-10,12-14H,1-4,11H2,(H,22,23). The normalized spacial score (nSPS) is 20.2. The number of carboxylic acids is 1. The van der Waals surface area contributed by atoms with Crippen LogP contribution in [0.2, 0.25) is 0 Å². The molecule has 1 aromatic heterocycles. The van der Waals surface area contributed by atoms with Crippen LogP contribution < -0.4 is 0 Å². The van der Waals surface area contributed by atoms with Gasteiger partial charge in [-0.3, -0.25) is 14.9 Å². The summed E-state index contributed by atoms with van der Waals surface area (Å²) in [4.78, 5) is 25.2. The molecule has 0 saturated heterocycles. The second kappa shape index (κ2) is 7.42. The topological polar surface area (TPSA) is 93.3 Å². The fraction of sp³-hybridized carbons (Fsp3) is 0.368. The highest BCUT2D eigenvalue weighted by Crippen LogP contribution is 2.37. The van der Waals surface area contributed by atoms with Crippen LogP contribution in [0.4, 0.5) is 5.69 Å². The number of rotatable bonds is 5. The third-order valence-electron chi connectivity index (χ3n) is 4.95. The molecule has 1 aliphatic rings. The molecule has 1 aromatic carbocycles. The van der Waals surface area contributed by atoms with Crippen LogP contribution in [0.5, 0.6) is 0 Å². The zero-order valence-corrected chi connectivity index (χ0v) is 13.8. The van der Waals surface area contributed by atoms with Crippen LogP contribution in [0.15, 0.2) is 42.6 Å². The Kier molecular flexibility index (Phi) is 5.07. The Morgan fingerprint density at radius 2 is 1.80 bits per heavy atom. The van der Waals surface area contributed by atoms with Gasteiger partial charge in [-0.1, -0.05) is 24.3 Å². The third-order valence-corrected chi connectivity index (χ3v) is 4.95. The summed E-state index contributed by atoms with van der Waals surface area (Å²) in [5, 5.41) is 19.6. The van der Waals surface area contributed by atoms with Crippen LogP contribution in [0.3, 0.4) is 0 Å². The first-order chi connectivity index (χ1) is 12.0. The number of benzene rings is 1. The highest BCUT2D eigenvalue weighted by Gasteiger charge is 2.23. The van der Waals surface area contributed by atoms with Gasteiger partial charge in [0.15, 0.2) is 0 Å². The number of carbonyl (C=O) groups is 1. The molecule has 1 N–H and O–H groups in total.